The average molecular weight is 269 g/mol. The smallest absolute Gasteiger partial charge is 0.392 e. The van der Waals surface area contributed by atoms with E-state index in [2.05, 4.69) is 0 Å². The molecule has 0 heterocycles. The number of hydrogen-bond acceptors (Lipinski definition) is 2. The molecule has 0 radical (unpaired) electrons. The number of aromatic carboxylic acids is 1. The maximum Gasteiger partial charge on any atom is 0.392 e. The van der Waals surface area contributed by atoms with Crippen molar-refractivity contribution in [2.45, 2.75) is 12.6 Å². The predicted octanol–water partition coefficient (Wildman–Crippen LogP) is 3.37. The van der Waals surface area contributed by atoms with Crippen molar-refractivity contribution in [3.05, 3.63) is 28.8 Å². The molecular formula is C10H8ClF3O3. The number of hydrogen-bond donors (Lipinski definition) is 1. The molecule has 0 aromatic heterocycles. The van der Waals surface area contributed by atoms with Crippen LogP contribution in [0.1, 0.15) is 16.8 Å². The van der Waals surface area contributed by atoms with Crippen molar-refractivity contribution in [3.63, 3.8) is 0 Å². The second-order valence-electron chi connectivity index (χ2n) is 3.13. The van der Waals surface area contributed by atoms with Gasteiger partial charge < -0.3 is 9.84 Å². The lowest BCUT2D eigenvalue weighted by Crippen LogP contribution is -2.14. The van der Waals surface area contributed by atoms with Gasteiger partial charge in [-0.05, 0) is 12.1 Å². The van der Waals surface area contributed by atoms with Crippen LogP contribution in [-0.4, -0.2) is 23.9 Å². The molecule has 0 aliphatic carbocycles. The summed E-state index contributed by atoms with van der Waals surface area (Å²) in [7, 11) is 0. The van der Waals surface area contributed by atoms with E-state index < -0.39 is 25.2 Å². The Kier molecular flexibility index (Phi) is 4.22. The number of benzene rings is 1. The van der Waals surface area contributed by atoms with Crippen LogP contribution in [-0.2, 0) is 0 Å². The van der Waals surface area contributed by atoms with E-state index in [4.69, 9.17) is 21.4 Å². The summed E-state index contributed by atoms with van der Waals surface area (Å²) in [6, 6.07) is 3.98. The highest BCUT2D eigenvalue weighted by Crippen LogP contribution is 2.27. The molecule has 1 rings (SSSR count). The minimum Gasteiger partial charge on any atom is -0.492 e. The Morgan fingerprint density at radius 1 is 1.41 bits per heavy atom. The Labute approximate surface area is 99.8 Å². The zero-order chi connectivity index (χ0) is 13.1. The van der Waals surface area contributed by atoms with Crippen LogP contribution in [0, 0.1) is 0 Å². The number of alkyl halides is 3. The van der Waals surface area contributed by atoms with Gasteiger partial charge in [0, 0.05) is 0 Å². The Morgan fingerprint density at radius 3 is 2.59 bits per heavy atom. The molecule has 0 saturated heterocycles. The van der Waals surface area contributed by atoms with Gasteiger partial charge in [0.1, 0.15) is 11.3 Å². The molecule has 3 nitrogen and oxygen atoms in total. The summed E-state index contributed by atoms with van der Waals surface area (Å²) in [5, 5.41) is 8.74. The number of carboxylic acid groups (broad SMARTS) is 1. The fourth-order valence-corrected chi connectivity index (χ4v) is 1.36. The van der Waals surface area contributed by atoms with Gasteiger partial charge in [-0.1, -0.05) is 17.7 Å². The summed E-state index contributed by atoms with van der Waals surface area (Å²) < 4.78 is 40.4. The zero-order valence-corrected chi connectivity index (χ0v) is 9.18. The van der Waals surface area contributed by atoms with E-state index in [0.717, 1.165) is 0 Å². The highest BCUT2D eigenvalue weighted by molar-refractivity contribution is 6.33. The second kappa shape index (κ2) is 5.27. The van der Waals surface area contributed by atoms with Crippen LogP contribution in [0.25, 0.3) is 0 Å². The first-order valence-corrected chi connectivity index (χ1v) is 4.90. The maximum atomic E-state index is 11.9. The Hall–Kier alpha value is -1.43. The third-order valence-electron chi connectivity index (χ3n) is 1.83. The zero-order valence-electron chi connectivity index (χ0n) is 8.42. The largest absolute Gasteiger partial charge is 0.492 e. The normalized spacial score (nSPS) is 11.3. The fourth-order valence-electron chi connectivity index (χ4n) is 1.11. The third-order valence-corrected chi connectivity index (χ3v) is 2.15. The van der Waals surface area contributed by atoms with E-state index in [9.17, 15) is 18.0 Å². The van der Waals surface area contributed by atoms with E-state index in [0.29, 0.717) is 0 Å². The van der Waals surface area contributed by atoms with Crippen molar-refractivity contribution >= 4 is 17.6 Å². The summed E-state index contributed by atoms with van der Waals surface area (Å²) in [5.41, 5.74) is -0.337. The first-order valence-electron chi connectivity index (χ1n) is 4.52. The summed E-state index contributed by atoms with van der Waals surface area (Å²) in [6.45, 7) is -0.649. The van der Waals surface area contributed by atoms with E-state index in [-0.39, 0.29) is 16.3 Å². The second-order valence-corrected chi connectivity index (χ2v) is 3.54. The average Bonchev–Trinajstić information content (AvgIpc) is 2.14. The number of carbonyl (C=O) groups is 1. The van der Waals surface area contributed by atoms with Gasteiger partial charge in [-0.3, -0.25) is 0 Å². The van der Waals surface area contributed by atoms with Gasteiger partial charge in [0.05, 0.1) is 18.1 Å². The molecule has 0 aliphatic heterocycles. The minimum absolute atomic E-state index is 0.0815. The molecule has 0 unspecified atom stereocenters. The van der Waals surface area contributed by atoms with Crippen LogP contribution < -0.4 is 4.74 Å². The van der Waals surface area contributed by atoms with E-state index in [1.165, 1.54) is 18.2 Å². The van der Waals surface area contributed by atoms with Gasteiger partial charge in [-0.25, -0.2) is 4.79 Å². The quantitative estimate of drug-likeness (QED) is 0.911. The molecule has 0 saturated carbocycles. The molecule has 0 amide bonds. The monoisotopic (exact) mass is 268 g/mol. The fraction of sp³-hybridized carbons (Fsp3) is 0.300. The highest BCUT2D eigenvalue weighted by Gasteiger charge is 2.27. The van der Waals surface area contributed by atoms with Gasteiger partial charge in [0.2, 0.25) is 0 Å². The van der Waals surface area contributed by atoms with Crippen LogP contribution in [0.2, 0.25) is 5.02 Å². The van der Waals surface area contributed by atoms with Gasteiger partial charge >= 0.3 is 12.1 Å². The molecule has 0 aliphatic rings. The lowest BCUT2D eigenvalue weighted by molar-refractivity contribution is -0.139. The van der Waals surface area contributed by atoms with Gasteiger partial charge in [0.25, 0.3) is 0 Å². The topological polar surface area (TPSA) is 46.5 Å². The van der Waals surface area contributed by atoms with Gasteiger partial charge in [0.15, 0.2) is 0 Å². The van der Waals surface area contributed by atoms with Crippen molar-refractivity contribution in [2.75, 3.05) is 6.61 Å². The van der Waals surface area contributed by atoms with Crippen molar-refractivity contribution < 1.29 is 27.8 Å². The summed E-state index contributed by atoms with van der Waals surface area (Å²) in [4.78, 5) is 10.8. The van der Waals surface area contributed by atoms with Crippen molar-refractivity contribution in [1.29, 1.82) is 0 Å². The van der Waals surface area contributed by atoms with Gasteiger partial charge in [-0.15, -0.1) is 0 Å². The predicted molar refractivity (Wildman–Crippen MR) is 54.6 cm³/mol. The molecule has 17 heavy (non-hydrogen) atoms. The lowest BCUT2D eigenvalue weighted by Gasteiger charge is -2.11. The van der Waals surface area contributed by atoms with Crippen molar-refractivity contribution in [1.82, 2.24) is 0 Å². The molecule has 0 bridgehead atoms. The van der Waals surface area contributed by atoms with Gasteiger partial charge in [-0.2, -0.15) is 13.2 Å². The maximum absolute atomic E-state index is 11.9. The van der Waals surface area contributed by atoms with Crippen LogP contribution in [0.5, 0.6) is 5.75 Å². The molecule has 1 N–H and O–H groups in total. The first-order chi connectivity index (χ1) is 7.81. The van der Waals surface area contributed by atoms with E-state index in [1.54, 1.807) is 0 Å². The van der Waals surface area contributed by atoms with Crippen LogP contribution in [0.15, 0.2) is 18.2 Å². The van der Waals surface area contributed by atoms with Crippen molar-refractivity contribution in [3.8, 4) is 5.75 Å². The Morgan fingerprint density at radius 2 is 2.06 bits per heavy atom. The molecule has 0 spiro atoms. The molecule has 1 aromatic carbocycles. The molecule has 0 atom stereocenters. The Bertz CT molecular complexity index is 418. The Balaban J connectivity index is 2.78. The van der Waals surface area contributed by atoms with Crippen LogP contribution >= 0.6 is 11.6 Å². The minimum atomic E-state index is -4.35. The van der Waals surface area contributed by atoms with E-state index >= 15 is 0 Å². The number of rotatable bonds is 4. The molecule has 94 valence electrons. The van der Waals surface area contributed by atoms with Crippen molar-refractivity contribution in [2.24, 2.45) is 0 Å². The van der Waals surface area contributed by atoms with Crippen LogP contribution in [0.3, 0.4) is 0 Å². The third kappa shape index (κ3) is 4.14. The number of halogens is 4. The summed E-state index contributed by atoms with van der Waals surface area (Å²) in [5.74, 6) is -1.52. The summed E-state index contributed by atoms with van der Waals surface area (Å²) >= 11 is 5.61. The molecule has 0 fully saturated rings. The SMILES string of the molecule is O=C(O)c1c(Cl)cccc1OCCC(F)(F)F. The molecule has 7 heteroatoms. The van der Waals surface area contributed by atoms with E-state index in [1.807, 2.05) is 0 Å². The number of ether oxygens (including phenoxy) is 1. The molecular weight excluding hydrogens is 261 g/mol. The molecule has 1 aromatic rings. The lowest BCUT2D eigenvalue weighted by atomic mass is 10.2. The first kappa shape index (κ1) is 13.6. The standard InChI is InChI=1S/C10H8ClF3O3/c11-6-2-1-3-7(8(6)9(15)16)17-5-4-10(12,13)14/h1-3H,4-5H2,(H,15,16). The highest BCUT2D eigenvalue weighted by atomic mass is 35.5. The number of carboxylic acids is 1. The van der Waals surface area contributed by atoms with Crippen LogP contribution in [0.4, 0.5) is 13.2 Å². The summed E-state index contributed by atoms with van der Waals surface area (Å²) in [6.07, 6.45) is -5.50.